The standard InChI is InChI=1S/C13H14N4/c1-2-10(8-14-6-1)12-5-7-15-13(17-12)9-16-11-3-4-11/h1-2,5-8,11,16H,3-4,9H2. The molecule has 1 saturated carbocycles. The van der Waals surface area contributed by atoms with Crippen molar-refractivity contribution in [3.63, 3.8) is 0 Å². The summed E-state index contributed by atoms with van der Waals surface area (Å²) in [6.45, 7) is 0.749. The molecule has 1 aliphatic rings. The summed E-state index contributed by atoms with van der Waals surface area (Å²) >= 11 is 0. The maximum Gasteiger partial charge on any atom is 0.142 e. The molecule has 0 aliphatic heterocycles. The van der Waals surface area contributed by atoms with Gasteiger partial charge in [0.15, 0.2) is 0 Å². The number of hydrogen-bond donors (Lipinski definition) is 1. The van der Waals surface area contributed by atoms with Crippen molar-refractivity contribution in [3.8, 4) is 11.3 Å². The van der Waals surface area contributed by atoms with Crippen LogP contribution < -0.4 is 5.32 Å². The van der Waals surface area contributed by atoms with Crippen LogP contribution in [0.1, 0.15) is 18.7 Å². The molecule has 0 bridgehead atoms. The van der Waals surface area contributed by atoms with Gasteiger partial charge >= 0.3 is 0 Å². The van der Waals surface area contributed by atoms with Gasteiger partial charge in [-0.15, -0.1) is 0 Å². The van der Waals surface area contributed by atoms with E-state index in [1.54, 1.807) is 12.4 Å². The maximum absolute atomic E-state index is 4.53. The van der Waals surface area contributed by atoms with Crippen LogP contribution in [0.15, 0.2) is 36.8 Å². The van der Waals surface area contributed by atoms with Gasteiger partial charge in [0.1, 0.15) is 5.82 Å². The summed E-state index contributed by atoms with van der Waals surface area (Å²) in [5, 5.41) is 3.41. The molecule has 0 amide bonds. The Morgan fingerprint density at radius 3 is 2.94 bits per heavy atom. The molecule has 2 aromatic heterocycles. The Kier molecular flexibility index (Phi) is 2.80. The monoisotopic (exact) mass is 226 g/mol. The fraction of sp³-hybridized carbons (Fsp3) is 0.308. The van der Waals surface area contributed by atoms with Crippen LogP contribution in [0.5, 0.6) is 0 Å². The van der Waals surface area contributed by atoms with E-state index in [-0.39, 0.29) is 0 Å². The first-order valence-corrected chi connectivity index (χ1v) is 5.87. The van der Waals surface area contributed by atoms with Gasteiger partial charge in [0.2, 0.25) is 0 Å². The Hall–Kier alpha value is -1.81. The third kappa shape index (κ3) is 2.65. The zero-order valence-electron chi connectivity index (χ0n) is 9.50. The average molecular weight is 226 g/mol. The van der Waals surface area contributed by atoms with Crippen LogP contribution >= 0.6 is 0 Å². The van der Waals surface area contributed by atoms with Gasteiger partial charge < -0.3 is 5.32 Å². The van der Waals surface area contributed by atoms with Crippen molar-refractivity contribution in [2.45, 2.75) is 25.4 Å². The molecule has 0 unspecified atom stereocenters. The summed E-state index contributed by atoms with van der Waals surface area (Å²) in [4.78, 5) is 12.9. The number of nitrogens with one attached hydrogen (secondary N) is 1. The van der Waals surface area contributed by atoms with E-state index >= 15 is 0 Å². The molecule has 86 valence electrons. The van der Waals surface area contributed by atoms with Crippen molar-refractivity contribution in [1.82, 2.24) is 20.3 Å². The summed E-state index contributed by atoms with van der Waals surface area (Å²) in [6.07, 6.45) is 7.95. The molecule has 1 aliphatic carbocycles. The molecule has 1 N–H and O–H groups in total. The van der Waals surface area contributed by atoms with Crippen LogP contribution in [0.3, 0.4) is 0 Å². The van der Waals surface area contributed by atoms with Crippen LogP contribution in [-0.4, -0.2) is 21.0 Å². The van der Waals surface area contributed by atoms with Crippen molar-refractivity contribution in [1.29, 1.82) is 0 Å². The highest BCUT2D eigenvalue weighted by Gasteiger charge is 2.20. The van der Waals surface area contributed by atoms with Crippen molar-refractivity contribution in [2.24, 2.45) is 0 Å². The Labute approximate surface area is 100 Å². The largest absolute Gasteiger partial charge is 0.307 e. The first kappa shape index (κ1) is 10.4. The van der Waals surface area contributed by atoms with E-state index in [0.717, 1.165) is 23.6 Å². The molecule has 0 saturated heterocycles. The molecular weight excluding hydrogens is 212 g/mol. The lowest BCUT2D eigenvalue weighted by Gasteiger charge is -2.04. The van der Waals surface area contributed by atoms with Crippen LogP contribution in [0.4, 0.5) is 0 Å². The highest BCUT2D eigenvalue weighted by Crippen LogP contribution is 2.19. The molecule has 0 atom stereocenters. The highest BCUT2D eigenvalue weighted by atomic mass is 15.0. The summed E-state index contributed by atoms with van der Waals surface area (Å²) in [5.41, 5.74) is 1.96. The second-order valence-corrected chi connectivity index (χ2v) is 4.25. The van der Waals surface area contributed by atoms with Gasteiger partial charge in [0, 0.05) is 30.2 Å². The smallest absolute Gasteiger partial charge is 0.142 e. The van der Waals surface area contributed by atoms with E-state index in [1.807, 2.05) is 24.4 Å². The van der Waals surface area contributed by atoms with Crippen LogP contribution in [0.2, 0.25) is 0 Å². The van der Waals surface area contributed by atoms with Gasteiger partial charge in [-0.25, -0.2) is 9.97 Å². The Balaban J connectivity index is 1.78. The van der Waals surface area contributed by atoms with Gasteiger partial charge in [-0.1, -0.05) is 0 Å². The minimum atomic E-state index is 0.681. The fourth-order valence-electron chi connectivity index (χ4n) is 1.68. The Morgan fingerprint density at radius 1 is 1.24 bits per heavy atom. The second kappa shape index (κ2) is 4.59. The van der Waals surface area contributed by atoms with Gasteiger partial charge in [0.05, 0.1) is 12.2 Å². The lowest BCUT2D eigenvalue weighted by atomic mass is 10.2. The molecule has 4 heteroatoms. The van der Waals surface area contributed by atoms with Crippen molar-refractivity contribution < 1.29 is 0 Å². The van der Waals surface area contributed by atoms with E-state index in [9.17, 15) is 0 Å². The van der Waals surface area contributed by atoms with Gasteiger partial charge in [-0.2, -0.15) is 0 Å². The minimum absolute atomic E-state index is 0.681. The van der Waals surface area contributed by atoms with Crippen molar-refractivity contribution in [3.05, 3.63) is 42.6 Å². The van der Waals surface area contributed by atoms with Crippen LogP contribution in [0.25, 0.3) is 11.3 Å². The number of nitrogens with zero attached hydrogens (tertiary/aromatic N) is 3. The molecule has 0 spiro atoms. The van der Waals surface area contributed by atoms with Gasteiger partial charge in [0.25, 0.3) is 0 Å². The van der Waals surface area contributed by atoms with E-state index in [2.05, 4.69) is 20.3 Å². The summed E-state index contributed by atoms with van der Waals surface area (Å²) in [6, 6.07) is 6.52. The third-order valence-electron chi connectivity index (χ3n) is 2.79. The van der Waals surface area contributed by atoms with Crippen molar-refractivity contribution in [2.75, 3.05) is 0 Å². The van der Waals surface area contributed by atoms with Crippen molar-refractivity contribution >= 4 is 0 Å². The van der Waals surface area contributed by atoms with Gasteiger partial charge in [-0.3, -0.25) is 4.98 Å². The topological polar surface area (TPSA) is 50.7 Å². The molecule has 4 nitrogen and oxygen atoms in total. The first-order chi connectivity index (χ1) is 8.42. The zero-order chi connectivity index (χ0) is 11.5. The summed E-state index contributed by atoms with van der Waals surface area (Å²) in [5.74, 6) is 0.846. The van der Waals surface area contributed by atoms with E-state index in [4.69, 9.17) is 0 Å². The van der Waals surface area contributed by atoms with Crippen LogP contribution in [0, 0.1) is 0 Å². The molecular formula is C13H14N4. The van der Waals surface area contributed by atoms with Crippen LogP contribution in [-0.2, 0) is 6.54 Å². The molecule has 2 aromatic rings. The third-order valence-corrected chi connectivity index (χ3v) is 2.79. The lowest BCUT2D eigenvalue weighted by molar-refractivity contribution is 0.658. The number of aromatic nitrogens is 3. The number of rotatable bonds is 4. The Bertz CT molecular complexity index is 494. The molecule has 17 heavy (non-hydrogen) atoms. The minimum Gasteiger partial charge on any atom is -0.307 e. The average Bonchev–Trinajstić information content (AvgIpc) is 3.22. The zero-order valence-corrected chi connectivity index (χ0v) is 9.50. The maximum atomic E-state index is 4.53. The fourth-order valence-corrected chi connectivity index (χ4v) is 1.68. The predicted octanol–water partition coefficient (Wildman–Crippen LogP) is 1.79. The van der Waals surface area contributed by atoms with E-state index < -0.39 is 0 Å². The number of pyridine rings is 1. The second-order valence-electron chi connectivity index (χ2n) is 4.25. The summed E-state index contributed by atoms with van der Waals surface area (Å²) in [7, 11) is 0. The highest BCUT2D eigenvalue weighted by molar-refractivity contribution is 5.56. The molecule has 1 fully saturated rings. The number of hydrogen-bond acceptors (Lipinski definition) is 4. The molecule has 3 rings (SSSR count). The molecule has 0 radical (unpaired) electrons. The van der Waals surface area contributed by atoms with Gasteiger partial charge in [-0.05, 0) is 31.0 Å². The molecule has 2 heterocycles. The quantitative estimate of drug-likeness (QED) is 0.863. The molecule has 0 aromatic carbocycles. The lowest BCUT2D eigenvalue weighted by Crippen LogP contribution is -2.17. The normalized spacial score (nSPS) is 14.8. The first-order valence-electron chi connectivity index (χ1n) is 5.87. The SMILES string of the molecule is c1cncc(-c2ccnc(CNC3CC3)n2)c1. The van der Waals surface area contributed by atoms with E-state index in [1.165, 1.54) is 12.8 Å². The predicted molar refractivity (Wildman–Crippen MR) is 65.1 cm³/mol. The Morgan fingerprint density at radius 2 is 2.18 bits per heavy atom. The summed E-state index contributed by atoms with van der Waals surface area (Å²) < 4.78 is 0. The van der Waals surface area contributed by atoms with E-state index in [0.29, 0.717) is 6.04 Å².